The molecule has 7 heteroatoms. The van der Waals surface area contributed by atoms with Crippen molar-refractivity contribution in [1.82, 2.24) is 9.97 Å². The van der Waals surface area contributed by atoms with Gasteiger partial charge >= 0.3 is 0 Å². The highest BCUT2D eigenvalue weighted by atomic mass is 19.1. The molecular weight excluding hydrogens is 338 g/mol. The number of aromatic nitrogens is 2. The minimum absolute atomic E-state index is 0.164. The molecule has 0 saturated heterocycles. The lowest BCUT2D eigenvalue weighted by Crippen LogP contribution is -2.15. The number of nitrogen functional groups attached to an aromatic ring is 1. The highest BCUT2D eigenvalue weighted by Gasteiger charge is 2.25. The van der Waals surface area contributed by atoms with E-state index in [0.717, 1.165) is 43.5 Å². The summed E-state index contributed by atoms with van der Waals surface area (Å²) < 4.78 is 28.4. The van der Waals surface area contributed by atoms with Crippen LogP contribution in [-0.4, -0.2) is 21.8 Å². The van der Waals surface area contributed by atoms with Crippen LogP contribution in [0.2, 0.25) is 0 Å². The van der Waals surface area contributed by atoms with Crippen LogP contribution in [0.25, 0.3) is 11.0 Å². The van der Waals surface area contributed by atoms with Crippen LogP contribution in [0, 0.1) is 11.6 Å². The number of aromatic amines is 1. The molecule has 5 nitrogen and oxygen atoms in total. The molecule has 0 radical (unpaired) electrons. The highest BCUT2D eigenvalue weighted by molar-refractivity contribution is 6.18. The zero-order chi connectivity index (χ0) is 18.3. The van der Waals surface area contributed by atoms with Crippen LogP contribution in [0.1, 0.15) is 41.6 Å². The van der Waals surface area contributed by atoms with Crippen LogP contribution < -0.4 is 11.1 Å². The number of carbonyl (C=O) groups excluding carboxylic acids is 1. The van der Waals surface area contributed by atoms with Gasteiger partial charge in [-0.1, -0.05) is 12.8 Å². The van der Waals surface area contributed by atoms with E-state index in [2.05, 4.69) is 15.3 Å². The fourth-order valence-corrected chi connectivity index (χ4v) is 3.56. The van der Waals surface area contributed by atoms with Gasteiger partial charge in [-0.25, -0.2) is 13.8 Å². The zero-order valence-corrected chi connectivity index (χ0v) is 14.0. The van der Waals surface area contributed by atoms with Crippen LogP contribution in [-0.2, 0) is 0 Å². The molecule has 0 spiro atoms. The van der Waals surface area contributed by atoms with E-state index in [1.807, 2.05) is 0 Å². The molecule has 2 aromatic heterocycles. The third-order valence-corrected chi connectivity index (χ3v) is 4.88. The standard InChI is InChI=1S/C19H18F2N4O/c20-12-5-6-13(22)17(21)16(12)18(26)11-9-24-19-15(11)14(7-8-23-19)25-10-3-1-2-4-10/h5-10H,1-4,22H2,(H2,23,24,25). The third kappa shape index (κ3) is 2.69. The summed E-state index contributed by atoms with van der Waals surface area (Å²) in [7, 11) is 0. The molecule has 134 valence electrons. The van der Waals surface area contributed by atoms with E-state index in [1.165, 1.54) is 6.20 Å². The quantitative estimate of drug-likeness (QED) is 0.487. The lowest BCUT2D eigenvalue weighted by Gasteiger charge is -2.15. The van der Waals surface area contributed by atoms with E-state index >= 15 is 0 Å². The molecule has 1 fully saturated rings. The maximum atomic E-state index is 14.3. The summed E-state index contributed by atoms with van der Waals surface area (Å²) in [6, 6.07) is 4.19. The van der Waals surface area contributed by atoms with Crippen molar-refractivity contribution >= 4 is 28.2 Å². The first kappa shape index (κ1) is 16.5. The first-order valence-corrected chi connectivity index (χ1v) is 8.57. The van der Waals surface area contributed by atoms with Crippen molar-refractivity contribution in [2.24, 2.45) is 0 Å². The molecule has 0 bridgehead atoms. The maximum Gasteiger partial charge on any atom is 0.201 e. The zero-order valence-electron chi connectivity index (χ0n) is 14.0. The molecule has 0 atom stereocenters. The lowest BCUT2D eigenvalue weighted by atomic mass is 10.0. The Bertz CT molecular complexity index is 993. The van der Waals surface area contributed by atoms with E-state index < -0.39 is 23.0 Å². The van der Waals surface area contributed by atoms with Crippen LogP contribution in [0.4, 0.5) is 20.2 Å². The predicted molar refractivity (Wildman–Crippen MR) is 96.2 cm³/mol. The molecule has 26 heavy (non-hydrogen) atoms. The smallest absolute Gasteiger partial charge is 0.201 e. The minimum Gasteiger partial charge on any atom is -0.396 e. The first-order valence-electron chi connectivity index (χ1n) is 8.57. The van der Waals surface area contributed by atoms with Crippen LogP contribution in [0.15, 0.2) is 30.6 Å². The van der Waals surface area contributed by atoms with Gasteiger partial charge in [0.15, 0.2) is 5.82 Å². The van der Waals surface area contributed by atoms with E-state index in [4.69, 9.17) is 5.73 Å². The second-order valence-electron chi connectivity index (χ2n) is 6.56. The minimum atomic E-state index is -1.04. The number of H-pyrrole nitrogens is 1. The summed E-state index contributed by atoms with van der Waals surface area (Å²) in [5.74, 6) is -2.75. The third-order valence-electron chi connectivity index (χ3n) is 4.88. The largest absolute Gasteiger partial charge is 0.396 e. The van der Waals surface area contributed by atoms with Gasteiger partial charge in [0.2, 0.25) is 5.78 Å². The summed E-state index contributed by atoms with van der Waals surface area (Å²) in [6.45, 7) is 0. The molecule has 1 aliphatic carbocycles. The number of carbonyl (C=O) groups is 1. The molecule has 1 saturated carbocycles. The molecular formula is C19H18F2N4O. The van der Waals surface area contributed by atoms with Gasteiger partial charge in [-0.05, 0) is 31.0 Å². The summed E-state index contributed by atoms with van der Waals surface area (Å²) in [6.07, 6.45) is 7.48. The van der Waals surface area contributed by atoms with E-state index in [1.54, 1.807) is 12.3 Å². The van der Waals surface area contributed by atoms with Crippen molar-refractivity contribution < 1.29 is 13.6 Å². The van der Waals surface area contributed by atoms with Crippen molar-refractivity contribution in [2.45, 2.75) is 31.7 Å². The van der Waals surface area contributed by atoms with Gasteiger partial charge < -0.3 is 16.0 Å². The maximum absolute atomic E-state index is 14.3. The SMILES string of the molecule is Nc1ccc(F)c(C(=O)c2c[nH]c3nccc(NC4CCCC4)c23)c1F. The predicted octanol–water partition coefficient (Wildman–Crippen LogP) is 4.01. The second kappa shape index (κ2) is 6.40. The van der Waals surface area contributed by atoms with Crippen LogP contribution in [0.5, 0.6) is 0 Å². The molecule has 1 aliphatic rings. The Morgan fingerprint density at radius 2 is 2.00 bits per heavy atom. The molecule has 4 rings (SSSR count). The van der Waals surface area contributed by atoms with Gasteiger partial charge in [0.25, 0.3) is 0 Å². The number of fused-ring (bicyclic) bond motifs is 1. The number of ketones is 1. The number of benzene rings is 1. The summed E-state index contributed by atoms with van der Waals surface area (Å²) in [5, 5.41) is 3.97. The number of nitrogens with one attached hydrogen (secondary N) is 2. The van der Waals surface area contributed by atoms with Crippen LogP contribution in [0.3, 0.4) is 0 Å². The Labute approximate surface area is 148 Å². The average Bonchev–Trinajstić information content (AvgIpc) is 3.28. The van der Waals surface area contributed by atoms with Crippen molar-refractivity contribution in [3.63, 3.8) is 0 Å². The molecule has 0 amide bonds. The summed E-state index contributed by atoms with van der Waals surface area (Å²) in [5.41, 5.74) is 5.97. The fraction of sp³-hybridized carbons (Fsp3) is 0.263. The fourth-order valence-electron chi connectivity index (χ4n) is 3.56. The van der Waals surface area contributed by atoms with Gasteiger partial charge in [-0.2, -0.15) is 0 Å². The Morgan fingerprint density at radius 3 is 2.77 bits per heavy atom. The average molecular weight is 356 g/mol. The Kier molecular flexibility index (Phi) is 4.06. The van der Waals surface area contributed by atoms with Crippen LogP contribution >= 0.6 is 0 Å². The molecule has 4 N–H and O–H groups in total. The Balaban J connectivity index is 1.82. The van der Waals surface area contributed by atoms with Gasteiger partial charge in [-0.15, -0.1) is 0 Å². The summed E-state index contributed by atoms with van der Waals surface area (Å²) in [4.78, 5) is 20.0. The topological polar surface area (TPSA) is 83.8 Å². The number of nitrogens with two attached hydrogens (primary N) is 1. The number of rotatable bonds is 4. The van der Waals surface area contributed by atoms with Crippen molar-refractivity contribution in [1.29, 1.82) is 0 Å². The van der Waals surface area contributed by atoms with Gasteiger partial charge in [0, 0.05) is 24.1 Å². The molecule has 1 aromatic carbocycles. The highest BCUT2D eigenvalue weighted by Crippen LogP contribution is 2.31. The number of halogens is 2. The van der Waals surface area contributed by atoms with Gasteiger partial charge in [0.05, 0.1) is 22.2 Å². The van der Waals surface area contributed by atoms with Gasteiger partial charge in [-0.3, -0.25) is 4.79 Å². The molecule has 0 aliphatic heterocycles. The van der Waals surface area contributed by atoms with E-state index in [-0.39, 0.29) is 11.3 Å². The number of anilines is 2. The molecule has 3 aromatic rings. The van der Waals surface area contributed by atoms with Crippen molar-refractivity contribution in [3.8, 4) is 0 Å². The Hall–Kier alpha value is -2.96. The van der Waals surface area contributed by atoms with Crippen molar-refractivity contribution in [3.05, 3.63) is 53.4 Å². The first-order chi connectivity index (χ1) is 12.6. The Morgan fingerprint density at radius 1 is 1.23 bits per heavy atom. The monoisotopic (exact) mass is 356 g/mol. The number of pyridine rings is 1. The number of hydrogen-bond acceptors (Lipinski definition) is 4. The van der Waals surface area contributed by atoms with Crippen molar-refractivity contribution in [2.75, 3.05) is 11.1 Å². The number of nitrogens with zero attached hydrogens (tertiary/aromatic N) is 1. The second-order valence-corrected chi connectivity index (χ2v) is 6.56. The molecule has 0 unspecified atom stereocenters. The van der Waals surface area contributed by atoms with Gasteiger partial charge in [0.1, 0.15) is 11.5 Å². The normalized spacial score (nSPS) is 14.8. The lowest BCUT2D eigenvalue weighted by molar-refractivity contribution is 0.103. The van der Waals surface area contributed by atoms with E-state index in [0.29, 0.717) is 17.1 Å². The summed E-state index contributed by atoms with van der Waals surface area (Å²) >= 11 is 0. The van der Waals surface area contributed by atoms with E-state index in [9.17, 15) is 13.6 Å². The molecule has 2 heterocycles. The number of hydrogen-bond donors (Lipinski definition) is 3.